The van der Waals surface area contributed by atoms with E-state index in [4.69, 9.17) is 11.8 Å². The Labute approximate surface area is 87.5 Å². The van der Waals surface area contributed by atoms with Crippen molar-refractivity contribution in [1.29, 1.82) is 0 Å². The van der Waals surface area contributed by atoms with E-state index in [2.05, 4.69) is 26.1 Å². The van der Waals surface area contributed by atoms with Gasteiger partial charge in [0.05, 0.1) is 0 Å². The third-order valence-electron chi connectivity index (χ3n) is 1.72. The Balaban J connectivity index is 0. The highest BCUT2D eigenvalue weighted by Gasteiger charge is 2.08. The van der Waals surface area contributed by atoms with E-state index in [0.29, 0.717) is 0 Å². The van der Waals surface area contributed by atoms with Crippen LogP contribution in [-0.4, -0.2) is 12.3 Å². The van der Waals surface area contributed by atoms with Crippen molar-refractivity contribution in [2.24, 2.45) is 0 Å². The van der Waals surface area contributed by atoms with Crippen molar-refractivity contribution in [2.45, 2.75) is 39.5 Å². The van der Waals surface area contributed by atoms with Gasteiger partial charge in [-0.15, -0.1) is 12.2 Å². The van der Waals surface area contributed by atoms with E-state index in [-0.39, 0.29) is 6.15 Å². The maximum atomic E-state index is 5.45. The Kier molecular flexibility index (Phi) is 11.0. The van der Waals surface area contributed by atoms with Gasteiger partial charge in [-0.2, -0.15) is 0 Å². The second kappa shape index (κ2) is 8.55. The van der Waals surface area contributed by atoms with Gasteiger partial charge < -0.3 is 6.15 Å². The smallest absolute Gasteiger partial charge is 0.00343 e. The van der Waals surface area contributed by atoms with Crippen LogP contribution in [0.3, 0.4) is 0 Å². The molecule has 0 saturated heterocycles. The number of hydrogen-bond donors (Lipinski definition) is 2. The standard InChI is InChI=1S/C8H19PS2.H3N/c1-3-5-7-9(10,11)8-6-4-2;/h3-8H2,1-2H3,(H,10,11);1H3. The molecule has 0 bridgehead atoms. The molecule has 0 aliphatic rings. The van der Waals surface area contributed by atoms with E-state index in [0.717, 1.165) is 0 Å². The quantitative estimate of drug-likeness (QED) is 0.530. The summed E-state index contributed by atoms with van der Waals surface area (Å²) in [7, 11) is 0. The highest BCUT2D eigenvalue weighted by Crippen LogP contribution is 2.52. The summed E-state index contributed by atoms with van der Waals surface area (Å²) >= 11 is 10.0. The lowest BCUT2D eigenvalue weighted by Gasteiger charge is -2.13. The fourth-order valence-electron chi connectivity index (χ4n) is 0.922. The molecule has 3 N–H and O–H groups in total. The van der Waals surface area contributed by atoms with Gasteiger partial charge in [0.25, 0.3) is 0 Å². The molecule has 0 atom stereocenters. The molecule has 76 valence electrons. The minimum Gasteiger partial charge on any atom is -0.344 e. The van der Waals surface area contributed by atoms with E-state index in [1.807, 2.05) is 0 Å². The Morgan fingerprint density at radius 2 is 1.42 bits per heavy atom. The Hall–Kier alpha value is 0.960. The fourth-order valence-corrected chi connectivity index (χ4v) is 4.39. The van der Waals surface area contributed by atoms with Gasteiger partial charge >= 0.3 is 0 Å². The van der Waals surface area contributed by atoms with E-state index >= 15 is 0 Å². The molecule has 0 aromatic heterocycles. The second-order valence-corrected chi connectivity index (χ2v) is 10.8. The van der Waals surface area contributed by atoms with E-state index in [1.54, 1.807) is 0 Å². The molecule has 0 aromatic carbocycles. The summed E-state index contributed by atoms with van der Waals surface area (Å²) in [6, 6.07) is 0. The lowest BCUT2D eigenvalue weighted by atomic mass is 10.4. The van der Waals surface area contributed by atoms with Crippen LogP contribution in [-0.2, 0) is 11.8 Å². The van der Waals surface area contributed by atoms with Gasteiger partial charge in [0.2, 0.25) is 0 Å². The zero-order valence-corrected chi connectivity index (χ0v) is 10.9. The SMILES string of the molecule is CCCCP(=S)(S)CCCC.N. The Morgan fingerprint density at radius 3 is 1.67 bits per heavy atom. The van der Waals surface area contributed by atoms with Crippen LogP contribution in [0.15, 0.2) is 0 Å². The molecule has 0 unspecified atom stereocenters. The molecule has 0 saturated carbocycles. The summed E-state index contributed by atoms with van der Waals surface area (Å²) in [6.45, 7) is 4.42. The first-order valence-electron chi connectivity index (χ1n) is 4.43. The molecule has 0 fully saturated rings. The maximum Gasteiger partial charge on any atom is 0.00343 e. The molecule has 0 aromatic rings. The van der Waals surface area contributed by atoms with Crippen molar-refractivity contribution in [3.05, 3.63) is 0 Å². The third kappa shape index (κ3) is 9.05. The van der Waals surface area contributed by atoms with Crippen molar-refractivity contribution in [1.82, 2.24) is 6.15 Å². The van der Waals surface area contributed by atoms with E-state index < -0.39 is 5.24 Å². The number of thiol groups is 1. The predicted molar refractivity (Wildman–Crippen MR) is 67.8 cm³/mol. The molecule has 4 heteroatoms. The van der Waals surface area contributed by atoms with Crippen molar-refractivity contribution < 1.29 is 0 Å². The molecule has 0 radical (unpaired) electrons. The van der Waals surface area contributed by atoms with Gasteiger partial charge in [0, 0.05) is 5.24 Å². The van der Waals surface area contributed by atoms with Gasteiger partial charge in [-0.25, -0.2) is 0 Å². The molecule has 0 spiro atoms. The Bertz CT molecular complexity index is 127. The summed E-state index contributed by atoms with van der Waals surface area (Å²) in [5.41, 5.74) is 0. The van der Waals surface area contributed by atoms with Crippen LogP contribution < -0.4 is 6.15 Å². The van der Waals surface area contributed by atoms with Crippen molar-refractivity contribution in [3.8, 4) is 0 Å². The summed E-state index contributed by atoms with van der Waals surface area (Å²) in [5, 5.41) is -1.20. The van der Waals surface area contributed by atoms with Crippen molar-refractivity contribution in [2.75, 3.05) is 12.3 Å². The number of rotatable bonds is 6. The van der Waals surface area contributed by atoms with E-state index in [1.165, 1.54) is 38.0 Å². The number of unbranched alkanes of at least 4 members (excludes halogenated alkanes) is 2. The molecule has 0 aliphatic heterocycles. The highest BCUT2D eigenvalue weighted by atomic mass is 32.9. The first kappa shape index (κ1) is 15.4. The molecular weight excluding hydrogens is 205 g/mol. The summed E-state index contributed by atoms with van der Waals surface area (Å²) in [6.07, 6.45) is 7.44. The zero-order valence-electron chi connectivity index (χ0n) is 8.25. The van der Waals surface area contributed by atoms with Gasteiger partial charge in [-0.1, -0.05) is 38.5 Å². The van der Waals surface area contributed by atoms with Crippen molar-refractivity contribution >= 4 is 29.3 Å². The Morgan fingerprint density at radius 1 is 1.08 bits per heavy atom. The monoisotopic (exact) mass is 227 g/mol. The van der Waals surface area contributed by atoms with Crippen LogP contribution >= 0.6 is 17.5 Å². The molecular formula is C8H22NPS2. The fraction of sp³-hybridized carbons (Fsp3) is 1.00. The minimum atomic E-state index is -1.20. The first-order valence-corrected chi connectivity index (χ1v) is 8.75. The minimum absolute atomic E-state index is 0. The molecule has 12 heavy (non-hydrogen) atoms. The lowest BCUT2D eigenvalue weighted by Crippen LogP contribution is -1.89. The summed E-state index contributed by atoms with van der Waals surface area (Å²) in [4.78, 5) is 0. The van der Waals surface area contributed by atoms with Crippen LogP contribution in [0.4, 0.5) is 0 Å². The normalized spacial score (nSPS) is 10.9. The van der Waals surface area contributed by atoms with Gasteiger partial charge in [-0.3, -0.25) is 0 Å². The van der Waals surface area contributed by atoms with E-state index in [9.17, 15) is 0 Å². The largest absolute Gasteiger partial charge is 0.344 e. The molecule has 1 nitrogen and oxygen atoms in total. The van der Waals surface area contributed by atoms with Gasteiger partial charge in [-0.05, 0) is 25.2 Å². The lowest BCUT2D eigenvalue weighted by molar-refractivity contribution is 0.872. The molecule has 0 heterocycles. The average molecular weight is 227 g/mol. The average Bonchev–Trinajstić information content (AvgIpc) is 1.97. The van der Waals surface area contributed by atoms with Crippen LogP contribution in [0, 0.1) is 0 Å². The van der Waals surface area contributed by atoms with Crippen LogP contribution in [0.25, 0.3) is 0 Å². The van der Waals surface area contributed by atoms with Gasteiger partial charge in [0.1, 0.15) is 0 Å². The van der Waals surface area contributed by atoms with Crippen LogP contribution in [0.5, 0.6) is 0 Å². The van der Waals surface area contributed by atoms with Gasteiger partial charge in [0.15, 0.2) is 0 Å². The highest BCUT2D eigenvalue weighted by molar-refractivity contribution is 8.63. The molecule has 0 aliphatic carbocycles. The number of hydrogen-bond acceptors (Lipinski definition) is 2. The third-order valence-corrected chi connectivity index (χ3v) is 6.05. The predicted octanol–water partition coefficient (Wildman–Crippen LogP) is 4.07. The summed E-state index contributed by atoms with van der Waals surface area (Å²) < 4.78 is 0. The van der Waals surface area contributed by atoms with Crippen molar-refractivity contribution in [3.63, 3.8) is 0 Å². The van der Waals surface area contributed by atoms with Crippen LogP contribution in [0.2, 0.25) is 0 Å². The zero-order chi connectivity index (χ0) is 8.74. The van der Waals surface area contributed by atoms with Crippen LogP contribution in [0.1, 0.15) is 39.5 Å². The first-order chi connectivity index (χ1) is 5.12. The summed E-state index contributed by atoms with van der Waals surface area (Å²) in [5.74, 6) is 0. The topological polar surface area (TPSA) is 35.0 Å². The maximum absolute atomic E-state index is 5.45. The molecule has 0 rings (SSSR count). The molecule has 0 amide bonds. The second-order valence-electron chi connectivity index (χ2n) is 3.00.